The van der Waals surface area contributed by atoms with Crippen LogP contribution < -0.4 is 10.1 Å². The van der Waals surface area contributed by atoms with Crippen molar-refractivity contribution in [2.24, 2.45) is 4.99 Å². The monoisotopic (exact) mass is 402 g/mol. The van der Waals surface area contributed by atoms with Crippen LogP contribution in [0.15, 0.2) is 29.3 Å². The van der Waals surface area contributed by atoms with Crippen LogP contribution in [0.2, 0.25) is 0 Å². The quantitative estimate of drug-likeness (QED) is 0.510. The average Bonchev–Trinajstić information content (AvgIpc) is 2.64. The number of aliphatic imine (C=N–C) groups is 1. The van der Waals surface area contributed by atoms with Crippen LogP contribution in [0, 0.1) is 0 Å². The normalized spacial score (nSPS) is 11.9. The van der Waals surface area contributed by atoms with Gasteiger partial charge in [0.1, 0.15) is 5.75 Å². The maximum atomic E-state index is 12.3. The fraction of sp³-hybridized carbons (Fsp3) is 0.579. The van der Waals surface area contributed by atoms with Gasteiger partial charge in [0.05, 0.1) is 13.1 Å². The number of nitrogens with zero attached hydrogens (tertiary/aromatic N) is 3. The number of hydrogen-bond donors (Lipinski definition) is 1. The average molecular weight is 402 g/mol. The molecular formula is C19H29F3N4O2. The lowest BCUT2D eigenvalue weighted by Gasteiger charge is -2.25. The van der Waals surface area contributed by atoms with Crippen LogP contribution in [0.1, 0.15) is 26.3 Å². The highest BCUT2D eigenvalue weighted by atomic mass is 19.4. The van der Waals surface area contributed by atoms with Crippen molar-refractivity contribution in [2.75, 3.05) is 39.8 Å². The van der Waals surface area contributed by atoms with E-state index in [2.05, 4.69) is 10.3 Å². The molecule has 0 saturated carbocycles. The van der Waals surface area contributed by atoms with Crippen LogP contribution in [0.3, 0.4) is 0 Å². The minimum atomic E-state index is -4.38. The van der Waals surface area contributed by atoms with E-state index in [1.165, 1.54) is 12.1 Å². The summed E-state index contributed by atoms with van der Waals surface area (Å²) in [5.41, 5.74) is 0.707. The molecule has 1 rings (SSSR count). The van der Waals surface area contributed by atoms with E-state index < -0.39 is 12.8 Å². The summed E-state index contributed by atoms with van der Waals surface area (Å²) in [4.78, 5) is 20.2. The molecule has 0 fully saturated rings. The summed E-state index contributed by atoms with van der Waals surface area (Å²) in [7, 11) is 1.77. The summed E-state index contributed by atoms with van der Waals surface area (Å²) in [6, 6.07) is 6.38. The second kappa shape index (κ2) is 11.4. The van der Waals surface area contributed by atoms with Gasteiger partial charge in [0.25, 0.3) is 0 Å². The smallest absolute Gasteiger partial charge is 0.422 e. The first kappa shape index (κ1) is 23.6. The summed E-state index contributed by atoms with van der Waals surface area (Å²) < 4.78 is 41.6. The molecule has 1 amide bonds. The van der Waals surface area contributed by atoms with Gasteiger partial charge in [-0.05, 0) is 38.5 Å². The van der Waals surface area contributed by atoms with Gasteiger partial charge in [-0.1, -0.05) is 12.1 Å². The van der Waals surface area contributed by atoms with Gasteiger partial charge in [-0.15, -0.1) is 0 Å². The summed E-state index contributed by atoms with van der Waals surface area (Å²) in [6.07, 6.45) is -4.38. The Balaban J connectivity index is 2.79. The molecule has 0 heterocycles. The molecule has 9 heteroatoms. The molecule has 6 nitrogen and oxygen atoms in total. The lowest BCUT2D eigenvalue weighted by atomic mass is 10.2. The number of amides is 1. The van der Waals surface area contributed by atoms with E-state index >= 15 is 0 Å². The van der Waals surface area contributed by atoms with Crippen molar-refractivity contribution in [3.8, 4) is 5.75 Å². The van der Waals surface area contributed by atoms with Crippen LogP contribution in [0.25, 0.3) is 0 Å². The molecule has 0 aromatic heterocycles. The molecule has 0 atom stereocenters. The number of ether oxygens (including phenoxy) is 1. The van der Waals surface area contributed by atoms with Gasteiger partial charge in [-0.25, -0.2) is 4.99 Å². The van der Waals surface area contributed by atoms with Crippen LogP contribution in [-0.4, -0.2) is 67.7 Å². The maximum Gasteiger partial charge on any atom is 0.422 e. The Bertz CT molecular complexity index is 646. The van der Waals surface area contributed by atoms with E-state index in [1.54, 1.807) is 29.0 Å². The number of alkyl halides is 3. The molecule has 158 valence electrons. The Morgan fingerprint density at radius 2 is 1.89 bits per heavy atom. The van der Waals surface area contributed by atoms with E-state index in [0.29, 0.717) is 31.2 Å². The lowest BCUT2D eigenvalue weighted by molar-refractivity contribution is -0.153. The highest BCUT2D eigenvalue weighted by Gasteiger charge is 2.28. The van der Waals surface area contributed by atoms with Crippen LogP contribution in [0.4, 0.5) is 13.2 Å². The van der Waals surface area contributed by atoms with Crippen molar-refractivity contribution in [1.82, 2.24) is 15.1 Å². The lowest BCUT2D eigenvalue weighted by Crippen LogP contribution is -2.45. The number of rotatable bonds is 9. The van der Waals surface area contributed by atoms with E-state index in [4.69, 9.17) is 4.74 Å². The summed E-state index contributed by atoms with van der Waals surface area (Å²) >= 11 is 0. The molecule has 0 unspecified atom stereocenters. The number of carbonyl (C=O) groups excluding carboxylic acids is 1. The largest absolute Gasteiger partial charge is 0.484 e. The van der Waals surface area contributed by atoms with E-state index in [1.807, 2.05) is 20.8 Å². The highest BCUT2D eigenvalue weighted by Crippen LogP contribution is 2.19. The van der Waals surface area contributed by atoms with Crippen LogP contribution >= 0.6 is 0 Å². The van der Waals surface area contributed by atoms with Gasteiger partial charge < -0.3 is 19.9 Å². The van der Waals surface area contributed by atoms with Gasteiger partial charge in [0.15, 0.2) is 12.6 Å². The molecule has 0 bridgehead atoms. The van der Waals surface area contributed by atoms with Gasteiger partial charge in [-0.2, -0.15) is 13.2 Å². The molecule has 0 saturated heterocycles. The van der Waals surface area contributed by atoms with E-state index in [-0.39, 0.29) is 24.7 Å². The molecule has 1 aromatic carbocycles. The number of halogens is 3. The van der Waals surface area contributed by atoms with Crippen molar-refractivity contribution in [2.45, 2.75) is 33.5 Å². The summed E-state index contributed by atoms with van der Waals surface area (Å²) in [5.74, 6) is 0.686. The SMILES string of the molecule is CCNC(=NCc1cccc(OCC(F)(F)F)c1)N(C)CC(=O)N(CC)CC. The third kappa shape index (κ3) is 8.49. The first-order valence-electron chi connectivity index (χ1n) is 9.25. The molecule has 0 aliphatic heterocycles. The second-order valence-electron chi connectivity index (χ2n) is 6.14. The number of hydrogen-bond acceptors (Lipinski definition) is 3. The van der Waals surface area contributed by atoms with Crippen LogP contribution in [0.5, 0.6) is 5.75 Å². The number of guanidine groups is 1. The third-order valence-corrected chi connectivity index (χ3v) is 3.90. The van der Waals surface area contributed by atoms with Crippen molar-refractivity contribution < 1.29 is 22.7 Å². The second-order valence-corrected chi connectivity index (χ2v) is 6.14. The molecule has 0 spiro atoms. The topological polar surface area (TPSA) is 57.2 Å². The Kier molecular flexibility index (Phi) is 9.61. The molecule has 0 aliphatic rings. The maximum absolute atomic E-state index is 12.3. The Labute approximate surface area is 164 Å². The zero-order valence-electron chi connectivity index (χ0n) is 16.8. The Morgan fingerprint density at radius 1 is 1.21 bits per heavy atom. The van der Waals surface area contributed by atoms with Gasteiger partial charge in [-0.3, -0.25) is 4.79 Å². The highest BCUT2D eigenvalue weighted by molar-refractivity contribution is 5.86. The minimum absolute atomic E-state index is 0.000603. The number of likely N-dealkylation sites (N-methyl/N-ethyl adjacent to an activating group) is 2. The van der Waals surface area contributed by atoms with Crippen molar-refractivity contribution in [3.05, 3.63) is 29.8 Å². The fourth-order valence-corrected chi connectivity index (χ4v) is 2.49. The molecular weight excluding hydrogens is 373 g/mol. The Morgan fingerprint density at radius 3 is 2.46 bits per heavy atom. The van der Waals surface area contributed by atoms with Gasteiger partial charge >= 0.3 is 6.18 Å². The third-order valence-electron chi connectivity index (χ3n) is 3.90. The van der Waals surface area contributed by atoms with Crippen molar-refractivity contribution in [3.63, 3.8) is 0 Å². The predicted octanol–water partition coefficient (Wildman–Crippen LogP) is 2.89. The first-order valence-corrected chi connectivity index (χ1v) is 9.25. The van der Waals surface area contributed by atoms with E-state index in [0.717, 1.165) is 0 Å². The number of carbonyl (C=O) groups is 1. The predicted molar refractivity (Wildman–Crippen MR) is 103 cm³/mol. The van der Waals surface area contributed by atoms with Crippen molar-refractivity contribution >= 4 is 11.9 Å². The molecule has 0 radical (unpaired) electrons. The molecule has 1 N–H and O–H groups in total. The fourth-order valence-electron chi connectivity index (χ4n) is 2.49. The zero-order chi connectivity index (χ0) is 21.2. The molecule has 1 aromatic rings. The van der Waals surface area contributed by atoms with Crippen LogP contribution in [-0.2, 0) is 11.3 Å². The first-order chi connectivity index (χ1) is 13.2. The number of nitrogens with one attached hydrogen (secondary N) is 1. The van der Waals surface area contributed by atoms with Gasteiger partial charge in [0, 0.05) is 26.7 Å². The van der Waals surface area contributed by atoms with Crippen molar-refractivity contribution in [1.29, 1.82) is 0 Å². The molecule has 0 aliphatic carbocycles. The summed E-state index contributed by atoms with van der Waals surface area (Å²) in [5, 5.41) is 3.12. The standard InChI is InChI=1S/C19H29F3N4O2/c1-5-23-18(25(4)13-17(27)26(6-2)7-3)24-12-15-9-8-10-16(11-15)28-14-19(20,21)22/h8-11H,5-7,12-14H2,1-4H3,(H,23,24). The minimum Gasteiger partial charge on any atom is -0.484 e. The Hall–Kier alpha value is -2.45. The van der Waals surface area contributed by atoms with E-state index in [9.17, 15) is 18.0 Å². The zero-order valence-corrected chi connectivity index (χ0v) is 16.8. The summed E-state index contributed by atoms with van der Waals surface area (Å²) in [6.45, 7) is 6.76. The number of benzene rings is 1. The molecule has 28 heavy (non-hydrogen) atoms. The van der Waals surface area contributed by atoms with Gasteiger partial charge in [0.2, 0.25) is 5.91 Å².